The highest BCUT2D eigenvalue weighted by Gasteiger charge is 2.18. The summed E-state index contributed by atoms with van der Waals surface area (Å²) >= 11 is 0. The molecule has 4 heteroatoms. The molecule has 0 spiro atoms. The Morgan fingerprint density at radius 2 is 2.20 bits per heavy atom. The van der Waals surface area contributed by atoms with Crippen LogP contribution in [0.4, 0.5) is 5.82 Å². The molecule has 1 aromatic heterocycles. The van der Waals surface area contributed by atoms with Crippen LogP contribution in [0.2, 0.25) is 0 Å². The minimum Gasteiger partial charge on any atom is -0.396 e. The van der Waals surface area contributed by atoms with E-state index in [0.29, 0.717) is 24.3 Å². The van der Waals surface area contributed by atoms with Crippen molar-refractivity contribution in [1.82, 2.24) is 4.98 Å². The highest BCUT2D eigenvalue weighted by atomic mass is 16.6. The molecule has 1 aromatic rings. The molecule has 0 fully saturated rings. The lowest BCUT2D eigenvalue weighted by Crippen LogP contribution is -2.11. The van der Waals surface area contributed by atoms with E-state index in [4.69, 9.17) is 10.6 Å². The monoisotopic (exact) mass is 277 g/mol. The van der Waals surface area contributed by atoms with Crippen LogP contribution in [0.1, 0.15) is 58.4 Å². The van der Waals surface area contributed by atoms with E-state index < -0.39 is 0 Å². The highest BCUT2D eigenvalue weighted by Crippen LogP contribution is 2.32. The summed E-state index contributed by atoms with van der Waals surface area (Å²) in [4.78, 5) is 9.26. The predicted molar refractivity (Wildman–Crippen MR) is 84.8 cm³/mol. The number of hydrogen-bond acceptors (Lipinski definition) is 4. The summed E-state index contributed by atoms with van der Waals surface area (Å²) in [6.45, 7) is 9.05. The summed E-state index contributed by atoms with van der Waals surface area (Å²) < 4.78 is 0. The fourth-order valence-electron chi connectivity index (χ4n) is 2.39. The molecule has 2 N–H and O–H groups in total. The number of oxime groups is 1. The molecule has 0 aliphatic carbocycles. The fraction of sp³-hybridized carbons (Fsp3) is 0.625. The molecule has 112 valence electrons. The molecule has 0 saturated heterocycles. The van der Waals surface area contributed by atoms with E-state index in [-0.39, 0.29) is 0 Å². The van der Waals surface area contributed by atoms with Crippen molar-refractivity contribution in [1.29, 1.82) is 0 Å². The average Bonchev–Trinajstić information content (AvgIpc) is 2.42. The first-order valence-corrected chi connectivity index (χ1v) is 7.42. The Balaban J connectivity index is 2.59. The lowest BCUT2D eigenvalue weighted by Gasteiger charge is -2.22. The van der Waals surface area contributed by atoms with Crippen molar-refractivity contribution in [2.45, 2.75) is 52.9 Å². The molecule has 0 amide bonds. The molecule has 4 nitrogen and oxygen atoms in total. The van der Waals surface area contributed by atoms with Crippen molar-refractivity contribution in [3.05, 3.63) is 23.9 Å². The minimum absolute atomic E-state index is 0.448. The Morgan fingerprint density at radius 3 is 2.80 bits per heavy atom. The molecule has 0 unspecified atom stereocenters. The molecule has 0 aliphatic rings. The van der Waals surface area contributed by atoms with Crippen molar-refractivity contribution in [2.24, 2.45) is 11.1 Å². The van der Waals surface area contributed by atoms with Crippen LogP contribution in [-0.2, 0) is 4.84 Å². The Kier molecular flexibility index (Phi) is 7.05. The molecule has 1 atom stereocenters. The first-order chi connectivity index (χ1) is 9.56. The van der Waals surface area contributed by atoms with Gasteiger partial charge < -0.3 is 10.6 Å². The maximum absolute atomic E-state index is 6.00. The van der Waals surface area contributed by atoms with Crippen LogP contribution in [0.5, 0.6) is 0 Å². The summed E-state index contributed by atoms with van der Waals surface area (Å²) in [6.07, 6.45) is 4.88. The molecule has 0 aliphatic heterocycles. The second-order valence-corrected chi connectivity index (χ2v) is 5.46. The molecular formula is C16H27N3O. The van der Waals surface area contributed by atoms with Crippen LogP contribution in [0, 0.1) is 5.92 Å². The summed E-state index contributed by atoms with van der Waals surface area (Å²) in [5, 5.41) is 4.05. The van der Waals surface area contributed by atoms with Gasteiger partial charge in [0.15, 0.2) is 0 Å². The Bertz CT molecular complexity index is 429. The number of hydrogen-bond donors (Lipinski definition) is 1. The van der Waals surface area contributed by atoms with E-state index in [0.717, 1.165) is 25.0 Å². The topological polar surface area (TPSA) is 60.5 Å². The number of nitrogens with two attached hydrogens (primary N) is 1. The van der Waals surface area contributed by atoms with Gasteiger partial charge in [0.05, 0.1) is 5.71 Å². The number of rotatable bonds is 8. The third kappa shape index (κ3) is 5.19. The van der Waals surface area contributed by atoms with Crippen LogP contribution in [-0.4, -0.2) is 17.3 Å². The zero-order chi connectivity index (χ0) is 15.0. The summed E-state index contributed by atoms with van der Waals surface area (Å²) in [5.74, 6) is 1.65. The molecule has 0 saturated carbocycles. The summed E-state index contributed by atoms with van der Waals surface area (Å²) in [7, 11) is 0. The van der Waals surface area contributed by atoms with E-state index in [9.17, 15) is 0 Å². The third-order valence-corrected chi connectivity index (χ3v) is 3.48. The second-order valence-electron chi connectivity index (χ2n) is 5.46. The SMILES string of the molecule is CCO/N=C(\C)CCC[C@H](c1cccnc1N)C(C)C. The van der Waals surface area contributed by atoms with E-state index in [1.54, 1.807) is 6.20 Å². The van der Waals surface area contributed by atoms with Gasteiger partial charge in [0.25, 0.3) is 0 Å². The molecule has 0 bridgehead atoms. The maximum Gasteiger partial charge on any atom is 0.126 e. The first kappa shape index (κ1) is 16.5. The van der Waals surface area contributed by atoms with Gasteiger partial charge in [0.1, 0.15) is 12.4 Å². The van der Waals surface area contributed by atoms with Gasteiger partial charge in [-0.2, -0.15) is 0 Å². The van der Waals surface area contributed by atoms with Crippen LogP contribution in [0.15, 0.2) is 23.5 Å². The summed E-state index contributed by atoms with van der Waals surface area (Å²) in [5.41, 5.74) is 8.22. The Morgan fingerprint density at radius 1 is 1.45 bits per heavy atom. The van der Waals surface area contributed by atoms with Gasteiger partial charge in [-0.3, -0.25) is 0 Å². The predicted octanol–water partition coefficient (Wildman–Crippen LogP) is 3.99. The van der Waals surface area contributed by atoms with Crippen LogP contribution in [0.3, 0.4) is 0 Å². The molecule has 1 rings (SSSR count). The lowest BCUT2D eigenvalue weighted by molar-refractivity contribution is 0.158. The third-order valence-electron chi connectivity index (χ3n) is 3.48. The molecule has 20 heavy (non-hydrogen) atoms. The van der Waals surface area contributed by atoms with Gasteiger partial charge >= 0.3 is 0 Å². The van der Waals surface area contributed by atoms with Gasteiger partial charge in [0.2, 0.25) is 0 Å². The average molecular weight is 277 g/mol. The number of aromatic nitrogens is 1. The quantitative estimate of drug-likeness (QED) is 0.577. The van der Waals surface area contributed by atoms with Gasteiger partial charge in [-0.25, -0.2) is 4.98 Å². The van der Waals surface area contributed by atoms with Crippen LogP contribution >= 0.6 is 0 Å². The van der Waals surface area contributed by atoms with Crippen molar-refractivity contribution in [3.8, 4) is 0 Å². The molecule has 0 aromatic carbocycles. The van der Waals surface area contributed by atoms with Crippen molar-refractivity contribution in [2.75, 3.05) is 12.3 Å². The minimum atomic E-state index is 0.448. The van der Waals surface area contributed by atoms with E-state index >= 15 is 0 Å². The number of nitrogens with zero attached hydrogens (tertiary/aromatic N) is 2. The number of anilines is 1. The van der Waals surface area contributed by atoms with E-state index in [1.807, 2.05) is 19.9 Å². The van der Waals surface area contributed by atoms with Crippen molar-refractivity contribution in [3.63, 3.8) is 0 Å². The van der Waals surface area contributed by atoms with Gasteiger partial charge in [0, 0.05) is 6.20 Å². The first-order valence-electron chi connectivity index (χ1n) is 7.42. The van der Waals surface area contributed by atoms with Crippen molar-refractivity contribution >= 4 is 11.5 Å². The number of nitrogen functional groups attached to an aromatic ring is 1. The normalized spacial score (nSPS) is 13.6. The van der Waals surface area contributed by atoms with Crippen LogP contribution in [0.25, 0.3) is 0 Å². The van der Waals surface area contributed by atoms with Gasteiger partial charge in [-0.1, -0.05) is 25.1 Å². The largest absolute Gasteiger partial charge is 0.396 e. The molecule has 0 radical (unpaired) electrons. The fourth-order valence-corrected chi connectivity index (χ4v) is 2.39. The van der Waals surface area contributed by atoms with E-state index in [2.05, 4.69) is 30.1 Å². The zero-order valence-electron chi connectivity index (χ0n) is 13.1. The standard InChI is InChI=1S/C16H27N3O/c1-5-20-19-13(4)8-6-9-14(12(2)3)15-10-7-11-18-16(15)17/h7,10-12,14H,5-6,8-9H2,1-4H3,(H2,17,18)/b19-13+/t14-/m0/s1. The zero-order valence-corrected chi connectivity index (χ0v) is 13.1. The van der Waals surface area contributed by atoms with Crippen LogP contribution < -0.4 is 5.73 Å². The maximum atomic E-state index is 6.00. The smallest absolute Gasteiger partial charge is 0.126 e. The van der Waals surface area contributed by atoms with Gasteiger partial charge in [-0.15, -0.1) is 0 Å². The second kappa shape index (κ2) is 8.56. The van der Waals surface area contributed by atoms with E-state index in [1.165, 1.54) is 5.56 Å². The lowest BCUT2D eigenvalue weighted by atomic mass is 9.84. The van der Waals surface area contributed by atoms with Gasteiger partial charge in [-0.05, 0) is 56.6 Å². The Hall–Kier alpha value is -1.58. The number of pyridine rings is 1. The summed E-state index contributed by atoms with van der Waals surface area (Å²) in [6, 6.07) is 4.05. The highest BCUT2D eigenvalue weighted by molar-refractivity contribution is 5.81. The molecular weight excluding hydrogens is 250 g/mol. The molecule has 1 heterocycles. The Labute approximate surface area is 122 Å². The van der Waals surface area contributed by atoms with Crippen molar-refractivity contribution < 1.29 is 4.84 Å².